The van der Waals surface area contributed by atoms with Crippen LogP contribution in [0.25, 0.3) is 11.1 Å². The molecule has 0 unspecified atom stereocenters. The number of amides is 2. The summed E-state index contributed by atoms with van der Waals surface area (Å²) in [7, 11) is 1.72. The summed E-state index contributed by atoms with van der Waals surface area (Å²) in [5.74, 6) is -0.480. The molecule has 2 amide bonds. The van der Waals surface area contributed by atoms with Crippen LogP contribution in [0.5, 0.6) is 0 Å². The maximum atomic E-state index is 14.4. The SMILES string of the molecule is Cn1ccnc1[C@H](O)[C@](C)(OCc1ccc(-c2ccccc2)cc1)C(=O)N1C(=O)OC(C)(C)[C@@H]1c1ccccc1. The molecular weight excluding hydrogens is 506 g/mol. The van der Waals surface area contributed by atoms with Crippen molar-refractivity contribution >= 4 is 12.0 Å². The molecule has 0 aliphatic carbocycles. The van der Waals surface area contributed by atoms with E-state index in [9.17, 15) is 14.7 Å². The first-order valence-electron chi connectivity index (χ1n) is 13.2. The molecule has 206 valence electrons. The molecule has 1 fully saturated rings. The number of aliphatic hydroxyl groups excluding tert-OH is 1. The highest BCUT2D eigenvalue weighted by Crippen LogP contribution is 2.44. The second-order valence-electron chi connectivity index (χ2n) is 10.7. The minimum atomic E-state index is -1.87. The minimum Gasteiger partial charge on any atom is -0.440 e. The first kappa shape index (κ1) is 27.3. The van der Waals surface area contributed by atoms with E-state index < -0.39 is 35.3 Å². The molecule has 4 aromatic rings. The van der Waals surface area contributed by atoms with Crippen LogP contribution < -0.4 is 0 Å². The number of nitrogens with zero attached hydrogens (tertiary/aromatic N) is 3. The summed E-state index contributed by atoms with van der Waals surface area (Å²) in [5, 5.41) is 11.6. The summed E-state index contributed by atoms with van der Waals surface area (Å²) in [6, 6.07) is 26.3. The Kier molecular flexibility index (Phi) is 7.31. The first-order valence-corrected chi connectivity index (χ1v) is 13.2. The van der Waals surface area contributed by atoms with E-state index in [0.717, 1.165) is 27.2 Å². The Bertz CT molecular complexity index is 1480. The average molecular weight is 540 g/mol. The quantitative estimate of drug-likeness (QED) is 0.314. The van der Waals surface area contributed by atoms with Crippen molar-refractivity contribution in [2.24, 2.45) is 7.05 Å². The van der Waals surface area contributed by atoms with Crippen molar-refractivity contribution in [2.75, 3.05) is 0 Å². The van der Waals surface area contributed by atoms with Crippen molar-refractivity contribution in [3.8, 4) is 11.1 Å². The number of hydrogen-bond acceptors (Lipinski definition) is 6. The van der Waals surface area contributed by atoms with Crippen LogP contribution in [0.4, 0.5) is 4.79 Å². The topological polar surface area (TPSA) is 93.9 Å². The van der Waals surface area contributed by atoms with E-state index in [4.69, 9.17) is 9.47 Å². The van der Waals surface area contributed by atoms with E-state index in [2.05, 4.69) is 4.98 Å². The van der Waals surface area contributed by atoms with Gasteiger partial charge >= 0.3 is 6.09 Å². The van der Waals surface area contributed by atoms with Gasteiger partial charge in [0.1, 0.15) is 23.6 Å². The molecule has 0 bridgehead atoms. The molecule has 5 rings (SSSR count). The Hall–Kier alpha value is -4.27. The lowest BCUT2D eigenvalue weighted by atomic mass is 9.89. The fourth-order valence-corrected chi connectivity index (χ4v) is 5.17. The van der Waals surface area contributed by atoms with E-state index in [-0.39, 0.29) is 12.4 Å². The lowest BCUT2D eigenvalue weighted by Crippen LogP contribution is -2.54. The Balaban J connectivity index is 1.48. The van der Waals surface area contributed by atoms with Crippen LogP contribution in [0.1, 0.15) is 49.9 Å². The fourth-order valence-electron chi connectivity index (χ4n) is 5.17. The number of hydrogen-bond donors (Lipinski definition) is 1. The van der Waals surface area contributed by atoms with Crippen LogP contribution in [-0.2, 0) is 27.9 Å². The molecule has 1 aliphatic rings. The van der Waals surface area contributed by atoms with E-state index in [1.807, 2.05) is 84.9 Å². The number of imide groups is 1. The predicted molar refractivity (Wildman–Crippen MR) is 150 cm³/mol. The molecular formula is C32H33N3O5. The lowest BCUT2D eigenvalue weighted by molar-refractivity contribution is -0.176. The van der Waals surface area contributed by atoms with Crippen molar-refractivity contribution in [3.63, 3.8) is 0 Å². The van der Waals surface area contributed by atoms with Gasteiger partial charge in [-0.3, -0.25) is 4.79 Å². The summed E-state index contributed by atoms with van der Waals surface area (Å²) in [5.41, 5.74) is 0.790. The Labute approximate surface area is 233 Å². The third-order valence-corrected chi connectivity index (χ3v) is 7.45. The second kappa shape index (κ2) is 10.7. The van der Waals surface area contributed by atoms with Gasteiger partial charge in [-0.1, -0.05) is 84.9 Å². The van der Waals surface area contributed by atoms with Gasteiger partial charge in [-0.15, -0.1) is 0 Å². The number of ether oxygens (including phenoxy) is 2. The van der Waals surface area contributed by atoms with Crippen molar-refractivity contribution < 1.29 is 24.2 Å². The third-order valence-electron chi connectivity index (χ3n) is 7.45. The zero-order chi connectivity index (χ0) is 28.5. The van der Waals surface area contributed by atoms with Crippen molar-refractivity contribution in [3.05, 3.63) is 114 Å². The van der Waals surface area contributed by atoms with E-state index in [1.165, 1.54) is 13.1 Å². The molecule has 1 aromatic heterocycles. The summed E-state index contributed by atoms with van der Waals surface area (Å²) in [6.07, 6.45) is 0.937. The zero-order valence-electron chi connectivity index (χ0n) is 23.0. The summed E-state index contributed by atoms with van der Waals surface area (Å²) in [4.78, 5) is 32.9. The van der Waals surface area contributed by atoms with Gasteiger partial charge in [0.05, 0.1) is 6.61 Å². The van der Waals surface area contributed by atoms with Crippen LogP contribution in [-0.4, -0.2) is 42.8 Å². The Morgan fingerprint density at radius 1 is 1.02 bits per heavy atom. The van der Waals surface area contributed by atoms with Crippen LogP contribution in [0.2, 0.25) is 0 Å². The maximum Gasteiger partial charge on any atom is 0.417 e. The second-order valence-corrected chi connectivity index (χ2v) is 10.7. The highest BCUT2D eigenvalue weighted by Gasteiger charge is 2.57. The molecule has 8 heteroatoms. The number of cyclic esters (lactones) is 1. The molecule has 1 aliphatic heterocycles. The zero-order valence-corrected chi connectivity index (χ0v) is 23.0. The molecule has 3 atom stereocenters. The van der Waals surface area contributed by atoms with Gasteiger partial charge in [-0.05, 0) is 43.0 Å². The molecule has 1 N–H and O–H groups in total. The Morgan fingerprint density at radius 2 is 1.62 bits per heavy atom. The highest BCUT2D eigenvalue weighted by atomic mass is 16.6. The molecule has 3 aromatic carbocycles. The number of carbonyl (C=O) groups is 2. The normalized spacial score (nSPS) is 18.7. The van der Waals surface area contributed by atoms with Gasteiger partial charge in [0.2, 0.25) is 0 Å². The van der Waals surface area contributed by atoms with Crippen LogP contribution in [0, 0.1) is 0 Å². The number of carbonyl (C=O) groups excluding carboxylic acids is 2. The number of aromatic nitrogens is 2. The molecule has 0 saturated carbocycles. The number of imidazole rings is 1. The summed E-state index contributed by atoms with van der Waals surface area (Å²) >= 11 is 0. The van der Waals surface area contributed by atoms with E-state index in [0.29, 0.717) is 0 Å². The smallest absolute Gasteiger partial charge is 0.417 e. The van der Waals surface area contributed by atoms with Gasteiger partial charge in [-0.2, -0.15) is 0 Å². The number of rotatable bonds is 8. The minimum absolute atomic E-state index is 0.0150. The first-order chi connectivity index (χ1) is 19.1. The van der Waals surface area contributed by atoms with Crippen LogP contribution >= 0.6 is 0 Å². The fraction of sp³-hybridized carbons (Fsp3) is 0.281. The predicted octanol–water partition coefficient (Wildman–Crippen LogP) is 5.59. The molecule has 0 radical (unpaired) electrons. The van der Waals surface area contributed by atoms with Gasteiger partial charge in [0, 0.05) is 19.4 Å². The van der Waals surface area contributed by atoms with Gasteiger partial charge in [0.25, 0.3) is 5.91 Å². The van der Waals surface area contributed by atoms with Crippen molar-refractivity contribution in [2.45, 2.75) is 50.7 Å². The van der Waals surface area contributed by atoms with Gasteiger partial charge in [-0.25, -0.2) is 14.7 Å². The Morgan fingerprint density at radius 3 is 2.23 bits per heavy atom. The van der Waals surface area contributed by atoms with Crippen molar-refractivity contribution in [1.29, 1.82) is 0 Å². The van der Waals surface area contributed by atoms with Gasteiger partial charge < -0.3 is 19.1 Å². The summed E-state index contributed by atoms with van der Waals surface area (Å²) < 4.78 is 13.6. The van der Waals surface area contributed by atoms with Crippen LogP contribution in [0.3, 0.4) is 0 Å². The van der Waals surface area contributed by atoms with Crippen LogP contribution in [0.15, 0.2) is 97.3 Å². The largest absolute Gasteiger partial charge is 0.440 e. The molecule has 1 saturated heterocycles. The van der Waals surface area contributed by atoms with Crippen molar-refractivity contribution in [1.82, 2.24) is 14.5 Å². The standard InChI is InChI=1S/C32H33N3O5/c1-31(2)26(25-13-9-6-10-14-25)35(30(38)40-31)29(37)32(3,27(36)28-33-19-20-34(28)4)39-21-22-15-17-24(18-16-22)23-11-7-5-8-12-23/h5-20,26-27,36H,21H2,1-4H3/t26-,27-,32-/m0/s1. The third kappa shape index (κ3) is 5.03. The highest BCUT2D eigenvalue weighted by molar-refractivity contribution is 5.99. The molecule has 0 spiro atoms. The van der Waals surface area contributed by atoms with E-state index >= 15 is 0 Å². The number of aryl methyl sites for hydroxylation is 1. The van der Waals surface area contributed by atoms with Gasteiger partial charge in [0.15, 0.2) is 5.60 Å². The molecule has 8 nitrogen and oxygen atoms in total. The monoisotopic (exact) mass is 539 g/mol. The molecule has 2 heterocycles. The average Bonchev–Trinajstić information content (AvgIpc) is 3.50. The number of benzene rings is 3. The lowest BCUT2D eigenvalue weighted by Gasteiger charge is -2.37. The number of aliphatic hydroxyl groups is 1. The molecule has 40 heavy (non-hydrogen) atoms. The van der Waals surface area contributed by atoms with E-state index in [1.54, 1.807) is 31.7 Å². The summed E-state index contributed by atoms with van der Waals surface area (Å²) in [6.45, 7) is 5.03. The maximum absolute atomic E-state index is 14.4.